The van der Waals surface area contributed by atoms with Gasteiger partial charge in [0.15, 0.2) is 11.5 Å². The number of carbonyl (C=O) groups is 4. The van der Waals surface area contributed by atoms with Crippen LogP contribution in [-0.4, -0.2) is 60.3 Å². The van der Waals surface area contributed by atoms with Crippen LogP contribution in [0.5, 0.6) is 11.5 Å². The van der Waals surface area contributed by atoms with Gasteiger partial charge in [-0.2, -0.15) is 0 Å². The van der Waals surface area contributed by atoms with E-state index in [-0.39, 0.29) is 55.0 Å². The van der Waals surface area contributed by atoms with Crippen molar-refractivity contribution < 1.29 is 48.0 Å². The lowest BCUT2D eigenvalue weighted by Gasteiger charge is -2.20. The van der Waals surface area contributed by atoms with Gasteiger partial charge >= 0.3 is 24.2 Å². The number of carboxylic acids is 1. The summed E-state index contributed by atoms with van der Waals surface area (Å²) in [6.45, 7) is 13.0. The zero-order valence-electron chi connectivity index (χ0n) is 24.7. The number of nitrogens with one attached hydrogen (secondary N) is 1. The molecule has 4 atom stereocenters. The molecule has 11 heteroatoms. The summed E-state index contributed by atoms with van der Waals surface area (Å²) in [7, 11) is 0. The summed E-state index contributed by atoms with van der Waals surface area (Å²) >= 11 is 0. The Morgan fingerprint density at radius 1 is 0.800 bits per heavy atom. The molecule has 11 nitrogen and oxygen atoms in total. The van der Waals surface area contributed by atoms with E-state index in [2.05, 4.69) is 5.32 Å². The number of rotatable bonds is 17. The number of carboxylic acid groups (broad SMARTS) is 1. The highest BCUT2D eigenvalue weighted by molar-refractivity contribution is 5.74. The molecule has 1 rings (SSSR count). The number of hydrogen-bond acceptors (Lipinski definition) is 10. The maximum absolute atomic E-state index is 12.4. The number of carbonyl (C=O) groups excluding carboxylic acids is 3. The van der Waals surface area contributed by atoms with Crippen molar-refractivity contribution in [1.29, 1.82) is 0 Å². The highest BCUT2D eigenvalue weighted by Crippen LogP contribution is 2.30. The SMILES string of the molecule is CCCC(C)OC(=O)Oc1ccc(C[C@H](NCC(C)OC(=O)CC(C)C)C(=O)O)cc1OC(=O)OC(C)CCC. The van der Waals surface area contributed by atoms with Crippen LogP contribution in [0.25, 0.3) is 0 Å². The van der Waals surface area contributed by atoms with E-state index in [4.69, 9.17) is 23.7 Å². The molecule has 0 radical (unpaired) electrons. The molecule has 0 amide bonds. The minimum absolute atomic E-state index is 0.00208. The van der Waals surface area contributed by atoms with Crippen molar-refractivity contribution in [2.75, 3.05) is 6.54 Å². The summed E-state index contributed by atoms with van der Waals surface area (Å²) in [4.78, 5) is 48.5. The van der Waals surface area contributed by atoms with Gasteiger partial charge in [-0.1, -0.05) is 46.6 Å². The highest BCUT2D eigenvalue weighted by Gasteiger charge is 2.23. The van der Waals surface area contributed by atoms with Crippen LogP contribution in [0, 0.1) is 5.92 Å². The van der Waals surface area contributed by atoms with Crippen molar-refractivity contribution in [3.8, 4) is 11.5 Å². The van der Waals surface area contributed by atoms with Crippen LogP contribution in [-0.2, 0) is 30.2 Å². The maximum Gasteiger partial charge on any atom is 0.514 e. The largest absolute Gasteiger partial charge is 0.514 e. The lowest BCUT2D eigenvalue weighted by molar-refractivity contribution is -0.149. The predicted molar refractivity (Wildman–Crippen MR) is 148 cm³/mol. The summed E-state index contributed by atoms with van der Waals surface area (Å²) in [6, 6.07) is 3.32. The minimum atomic E-state index is -1.12. The Morgan fingerprint density at radius 3 is 1.85 bits per heavy atom. The lowest BCUT2D eigenvalue weighted by atomic mass is 10.0. The van der Waals surface area contributed by atoms with E-state index in [0.717, 1.165) is 12.8 Å². The first-order chi connectivity index (χ1) is 18.8. The van der Waals surface area contributed by atoms with Crippen LogP contribution in [0.1, 0.15) is 86.1 Å². The number of hydrogen-bond donors (Lipinski definition) is 2. The molecule has 0 aromatic heterocycles. The summed E-state index contributed by atoms with van der Waals surface area (Å²) < 4.78 is 26.4. The number of ether oxygens (including phenoxy) is 5. The molecule has 0 fully saturated rings. The van der Waals surface area contributed by atoms with Crippen molar-refractivity contribution in [3.05, 3.63) is 23.8 Å². The molecule has 226 valence electrons. The third-order valence-corrected chi connectivity index (χ3v) is 5.68. The van der Waals surface area contributed by atoms with Crippen LogP contribution in [0.15, 0.2) is 18.2 Å². The monoisotopic (exact) mass is 567 g/mol. The molecule has 0 saturated heterocycles. The van der Waals surface area contributed by atoms with Crippen LogP contribution in [0.4, 0.5) is 9.59 Å². The van der Waals surface area contributed by atoms with E-state index in [9.17, 15) is 24.3 Å². The van der Waals surface area contributed by atoms with Crippen LogP contribution in [0.3, 0.4) is 0 Å². The van der Waals surface area contributed by atoms with E-state index < -0.39 is 30.4 Å². The Morgan fingerprint density at radius 2 is 1.35 bits per heavy atom. The molecular weight excluding hydrogens is 522 g/mol. The van der Waals surface area contributed by atoms with Gasteiger partial charge in [-0.25, -0.2) is 9.59 Å². The standard InChI is InChI=1S/C29H45NO10/c1-8-10-19(5)37-28(34)39-24-13-12-22(16-25(24)40-29(35)38-20(6)11-9-2)15-23(27(32)33)30-17-21(7)36-26(31)14-18(3)4/h12-13,16,18-21,23,30H,8-11,14-15,17H2,1-7H3,(H,32,33)/t19?,20?,21?,23-/m0/s1. The van der Waals surface area contributed by atoms with Gasteiger partial charge in [0, 0.05) is 13.0 Å². The second-order valence-electron chi connectivity index (χ2n) is 10.3. The molecule has 0 aliphatic rings. The van der Waals surface area contributed by atoms with Crippen molar-refractivity contribution in [2.45, 2.75) is 111 Å². The Hall–Kier alpha value is -3.34. The first-order valence-electron chi connectivity index (χ1n) is 13.9. The minimum Gasteiger partial charge on any atom is -0.480 e. The van der Waals surface area contributed by atoms with Gasteiger partial charge in [0.2, 0.25) is 0 Å². The topological polar surface area (TPSA) is 147 Å². The van der Waals surface area contributed by atoms with Gasteiger partial charge in [-0.3, -0.25) is 9.59 Å². The Labute approximate surface area is 236 Å². The van der Waals surface area contributed by atoms with Gasteiger partial charge < -0.3 is 34.1 Å². The normalized spacial score (nSPS) is 14.0. The van der Waals surface area contributed by atoms with E-state index in [1.165, 1.54) is 12.1 Å². The summed E-state index contributed by atoms with van der Waals surface area (Å²) in [5.41, 5.74) is 0.480. The van der Waals surface area contributed by atoms with Crippen molar-refractivity contribution in [2.24, 2.45) is 5.92 Å². The maximum atomic E-state index is 12.4. The fourth-order valence-electron chi connectivity index (χ4n) is 3.77. The van der Waals surface area contributed by atoms with Crippen LogP contribution in [0.2, 0.25) is 0 Å². The second-order valence-corrected chi connectivity index (χ2v) is 10.3. The average molecular weight is 568 g/mol. The molecule has 3 unspecified atom stereocenters. The molecule has 0 saturated carbocycles. The summed E-state index contributed by atoms with van der Waals surface area (Å²) in [6.07, 6.45) is -0.0578. The van der Waals surface area contributed by atoms with Crippen molar-refractivity contribution in [3.63, 3.8) is 0 Å². The van der Waals surface area contributed by atoms with Gasteiger partial charge in [0.1, 0.15) is 24.4 Å². The first kappa shape index (κ1) is 34.7. The quantitative estimate of drug-likeness (QED) is 0.137. The van der Waals surface area contributed by atoms with Gasteiger partial charge in [-0.15, -0.1) is 0 Å². The molecule has 1 aromatic rings. The molecule has 0 bridgehead atoms. The molecule has 0 aliphatic heterocycles. The van der Waals surface area contributed by atoms with E-state index in [0.29, 0.717) is 18.4 Å². The van der Waals surface area contributed by atoms with E-state index >= 15 is 0 Å². The predicted octanol–water partition coefficient (Wildman–Crippen LogP) is 5.66. The smallest absolute Gasteiger partial charge is 0.480 e. The van der Waals surface area contributed by atoms with Crippen molar-refractivity contribution >= 4 is 24.2 Å². The van der Waals surface area contributed by atoms with Gasteiger partial charge in [0.05, 0.1) is 0 Å². The number of esters is 1. The van der Waals surface area contributed by atoms with Gasteiger partial charge in [-0.05, 0) is 63.6 Å². The highest BCUT2D eigenvalue weighted by atomic mass is 16.7. The number of aliphatic carboxylic acids is 1. The third-order valence-electron chi connectivity index (χ3n) is 5.68. The Balaban J connectivity index is 3.03. The second kappa shape index (κ2) is 18.1. The van der Waals surface area contributed by atoms with Gasteiger partial charge in [0.25, 0.3) is 0 Å². The van der Waals surface area contributed by atoms with Crippen LogP contribution < -0.4 is 14.8 Å². The fourth-order valence-corrected chi connectivity index (χ4v) is 3.77. The molecule has 0 spiro atoms. The molecule has 40 heavy (non-hydrogen) atoms. The molecule has 1 aromatic carbocycles. The summed E-state index contributed by atoms with van der Waals surface area (Å²) in [5.74, 6) is -1.52. The van der Waals surface area contributed by atoms with E-state index in [1.807, 2.05) is 27.7 Å². The van der Waals surface area contributed by atoms with E-state index in [1.54, 1.807) is 26.8 Å². The van der Waals surface area contributed by atoms with Crippen molar-refractivity contribution in [1.82, 2.24) is 5.32 Å². The average Bonchev–Trinajstić information content (AvgIpc) is 2.82. The molecular formula is C29H45NO10. The zero-order valence-corrected chi connectivity index (χ0v) is 24.7. The lowest BCUT2D eigenvalue weighted by Crippen LogP contribution is -2.42. The Bertz CT molecular complexity index is 964. The fraction of sp³-hybridized carbons (Fsp3) is 0.655. The molecule has 0 heterocycles. The molecule has 2 N–H and O–H groups in total. The summed E-state index contributed by atoms with van der Waals surface area (Å²) in [5, 5.41) is 12.6. The zero-order chi connectivity index (χ0) is 30.2. The first-order valence-corrected chi connectivity index (χ1v) is 13.9. The molecule has 0 aliphatic carbocycles. The number of benzene rings is 1. The Kier molecular flexibility index (Phi) is 15.7. The third kappa shape index (κ3) is 14.2. The van der Waals surface area contributed by atoms with Crippen LogP contribution >= 0.6 is 0 Å².